The lowest BCUT2D eigenvalue weighted by Gasteiger charge is -2.28. The molecule has 0 radical (unpaired) electrons. The second kappa shape index (κ2) is 13.5. The van der Waals surface area contributed by atoms with Gasteiger partial charge in [0.05, 0.1) is 12.7 Å². The first-order valence-corrected chi connectivity index (χ1v) is 12.3. The molecule has 0 saturated heterocycles. The lowest BCUT2D eigenvalue weighted by molar-refractivity contribution is -0.112. The molecule has 3 heteroatoms. The Morgan fingerprint density at radius 3 is 1.75 bits per heavy atom. The van der Waals surface area contributed by atoms with Crippen LogP contribution in [0.4, 0.5) is 0 Å². The lowest BCUT2D eigenvalue weighted by atomic mass is 9.79. The molecule has 0 aromatic heterocycles. The van der Waals surface area contributed by atoms with Crippen LogP contribution in [0.1, 0.15) is 89.2 Å². The summed E-state index contributed by atoms with van der Waals surface area (Å²) in [6, 6.07) is 20.3. The third kappa shape index (κ3) is 8.18. The van der Waals surface area contributed by atoms with Crippen molar-refractivity contribution in [2.75, 3.05) is 6.61 Å². The van der Waals surface area contributed by atoms with E-state index in [9.17, 15) is 15.0 Å². The monoisotopic (exact) mass is 438 g/mol. The maximum absolute atomic E-state index is 11.7. The Labute approximate surface area is 194 Å². The van der Waals surface area contributed by atoms with Gasteiger partial charge in [-0.15, -0.1) is 0 Å². The van der Waals surface area contributed by atoms with Crippen LogP contribution in [0.25, 0.3) is 0 Å². The Kier molecular flexibility index (Phi) is 11.1. The first-order chi connectivity index (χ1) is 15.4. The predicted octanol–water partition coefficient (Wildman–Crippen LogP) is 6.36. The molecule has 2 N–H and O–H groups in total. The highest BCUT2D eigenvalue weighted by Crippen LogP contribution is 2.30. The van der Waals surface area contributed by atoms with Crippen LogP contribution >= 0.6 is 0 Å². The minimum atomic E-state index is -0.414. The number of aldehydes is 1. The number of aliphatic hydroxyl groups excluding tert-OH is 2. The summed E-state index contributed by atoms with van der Waals surface area (Å²) in [5.41, 5.74) is 1.68. The smallest absolute Gasteiger partial charge is 0.130 e. The van der Waals surface area contributed by atoms with Crippen molar-refractivity contribution >= 4 is 6.29 Å². The van der Waals surface area contributed by atoms with Crippen molar-refractivity contribution in [1.29, 1.82) is 0 Å². The van der Waals surface area contributed by atoms with Crippen LogP contribution < -0.4 is 0 Å². The van der Waals surface area contributed by atoms with Crippen molar-refractivity contribution in [3.05, 3.63) is 71.8 Å². The average molecular weight is 439 g/mol. The highest BCUT2D eigenvalue weighted by atomic mass is 16.3. The van der Waals surface area contributed by atoms with Crippen LogP contribution in [-0.2, 0) is 15.6 Å². The molecule has 0 amide bonds. The topological polar surface area (TPSA) is 57.5 Å². The molecule has 2 aromatic carbocycles. The fourth-order valence-electron chi connectivity index (χ4n) is 4.51. The number of unbranched alkanes of at least 4 members (excludes halogenated alkanes) is 4. The molecule has 0 aliphatic rings. The van der Waals surface area contributed by atoms with Crippen molar-refractivity contribution < 1.29 is 15.0 Å². The van der Waals surface area contributed by atoms with Crippen molar-refractivity contribution in [3.8, 4) is 0 Å². The van der Waals surface area contributed by atoms with Gasteiger partial charge in [-0.25, -0.2) is 0 Å². The summed E-state index contributed by atoms with van der Waals surface area (Å²) in [6.07, 6.45) is 10.5. The van der Waals surface area contributed by atoms with E-state index in [1.165, 1.54) is 5.56 Å². The van der Waals surface area contributed by atoms with Crippen LogP contribution in [-0.4, -0.2) is 29.2 Å². The quantitative estimate of drug-likeness (QED) is 0.237. The summed E-state index contributed by atoms with van der Waals surface area (Å²) in [5.74, 6) is 0. The number of aliphatic hydroxyl groups is 2. The van der Waals surface area contributed by atoms with Gasteiger partial charge < -0.3 is 15.0 Å². The average Bonchev–Trinajstić information content (AvgIpc) is 2.84. The third-order valence-electron chi connectivity index (χ3n) is 7.01. The van der Waals surface area contributed by atoms with E-state index in [1.807, 2.05) is 55.5 Å². The van der Waals surface area contributed by atoms with E-state index >= 15 is 0 Å². The molecule has 3 unspecified atom stereocenters. The van der Waals surface area contributed by atoms with Crippen LogP contribution in [0.2, 0.25) is 0 Å². The summed E-state index contributed by atoms with van der Waals surface area (Å²) < 4.78 is 0. The Morgan fingerprint density at radius 1 is 0.750 bits per heavy atom. The second-order valence-corrected chi connectivity index (χ2v) is 9.84. The number of rotatable bonds is 16. The zero-order valence-electron chi connectivity index (χ0n) is 20.0. The SMILES string of the molecule is CC(C=O)(CCCCCC(O)CCCCCC(C)(CO)c1ccccc1)c1ccccc1. The molecule has 0 fully saturated rings. The van der Waals surface area contributed by atoms with Crippen LogP contribution in [0.5, 0.6) is 0 Å². The van der Waals surface area contributed by atoms with E-state index in [-0.39, 0.29) is 18.1 Å². The van der Waals surface area contributed by atoms with Gasteiger partial charge in [0.15, 0.2) is 0 Å². The van der Waals surface area contributed by atoms with E-state index in [0.29, 0.717) is 0 Å². The molecule has 0 bridgehead atoms. The zero-order chi connectivity index (χ0) is 23.3. The van der Waals surface area contributed by atoms with E-state index in [0.717, 1.165) is 76.1 Å². The highest BCUT2D eigenvalue weighted by molar-refractivity contribution is 5.67. The molecule has 0 saturated carbocycles. The fourth-order valence-corrected chi connectivity index (χ4v) is 4.51. The predicted molar refractivity (Wildman–Crippen MR) is 133 cm³/mol. The summed E-state index contributed by atoms with van der Waals surface area (Å²) >= 11 is 0. The van der Waals surface area contributed by atoms with Gasteiger partial charge in [-0.1, -0.05) is 106 Å². The minimum Gasteiger partial charge on any atom is -0.395 e. The third-order valence-corrected chi connectivity index (χ3v) is 7.01. The van der Waals surface area contributed by atoms with Crippen molar-refractivity contribution in [3.63, 3.8) is 0 Å². The molecular formula is C29H42O3. The van der Waals surface area contributed by atoms with Crippen molar-refractivity contribution in [2.45, 2.75) is 95.0 Å². The Hall–Kier alpha value is -1.97. The first-order valence-electron chi connectivity index (χ1n) is 12.3. The van der Waals surface area contributed by atoms with Gasteiger partial charge in [0.1, 0.15) is 6.29 Å². The van der Waals surface area contributed by atoms with E-state index in [4.69, 9.17) is 0 Å². The fraction of sp³-hybridized carbons (Fsp3) is 0.552. The summed E-state index contributed by atoms with van der Waals surface area (Å²) in [4.78, 5) is 11.7. The lowest BCUT2D eigenvalue weighted by Crippen LogP contribution is -2.26. The number of hydrogen-bond acceptors (Lipinski definition) is 3. The van der Waals surface area contributed by atoms with Crippen molar-refractivity contribution in [1.82, 2.24) is 0 Å². The van der Waals surface area contributed by atoms with E-state index in [1.54, 1.807) is 0 Å². The zero-order valence-corrected chi connectivity index (χ0v) is 20.0. The molecule has 2 aromatic rings. The van der Waals surface area contributed by atoms with E-state index < -0.39 is 5.41 Å². The molecule has 0 aliphatic carbocycles. The van der Waals surface area contributed by atoms with Gasteiger partial charge in [-0.2, -0.15) is 0 Å². The number of benzene rings is 2. The van der Waals surface area contributed by atoms with Gasteiger partial charge in [0.25, 0.3) is 0 Å². The molecule has 0 aliphatic heterocycles. The molecule has 2 rings (SSSR count). The number of carbonyl (C=O) groups is 1. The summed E-state index contributed by atoms with van der Waals surface area (Å²) in [5, 5.41) is 20.2. The molecular weight excluding hydrogens is 396 g/mol. The standard InChI is InChI=1S/C29H42O3/c1-28(23-30,25-15-7-3-8-16-25)21-13-5-11-19-27(32)20-12-6-14-22-29(2,24-31)26-17-9-4-10-18-26/h3-4,7-10,15-18,23,27,31-32H,5-6,11-14,19-22,24H2,1-2H3. The van der Waals surface area contributed by atoms with Gasteiger partial charge in [0, 0.05) is 10.8 Å². The van der Waals surface area contributed by atoms with Crippen molar-refractivity contribution in [2.24, 2.45) is 0 Å². The number of hydrogen-bond donors (Lipinski definition) is 2. The van der Waals surface area contributed by atoms with Gasteiger partial charge >= 0.3 is 0 Å². The van der Waals surface area contributed by atoms with Crippen LogP contribution in [0, 0.1) is 0 Å². The van der Waals surface area contributed by atoms with Crippen LogP contribution in [0.3, 0.4) is 0 Å². The molecule has 0 spiro atoms. The normalized spacial score (nSPS) is 16.1. The molecule has 32 heavy (non-hydrogen) atoms. The highest BCUT2D eigenvalue weighted by Gasteiger charge is 2.26. The Morgan fingerprint density at radius 2 is 1.25 bits per heavy atom. The largest absolute Gasteiger partial charge is 0.395 e. The molecule has 3 atom stereocenters. The number of carbonyl (C=O) groups excluding carboxylic acids is 1. The summed E-state index contributed by atoms with van der Waals surface area (Å²) in [7, 11) is 0. The first kappa shape index (κ1) is 26.3. The summed E-state index contributed by atoms with van der Waals surface area (Å²) in [6.45, 7) is 4.31. The maximum atomic E-state index is 11.7. The van der Waals surface area contributed by atoms with Crippen LogP contribution in [0.15, 0.2) is 60.7 Å². The Bertz CT molecular complexity index is 760. The second-order valence-electron chi connectivity index (χ2n) is 9.84. The van der Waals surface area contributed by atoms with E-state index in [2.05, 4.69) is 19.1 Å². The van der Waals surface area contributed by atoms with Gasteiger partial charge in [-0.3, -0.25) is 0 Å². The molecule has 176 valence electrons. The van der Waals surface area contributed by atoms with Gasteiger partial charge in [-0.05, 0) is 43.7 Å². The van der Waals surface area contributed by atoms with Gasteiger partial charge in [0.2, 0.25) is 0 Å². The minimum absolute atomic E-state index is 0.160. The maximum Gasteiger partial charge on any atom is 0.130 e. The molecule has 3 nitrogen and oxygen atoms in total. The Balaban J connectivity index is 1.58. The molecule has 0 heterocycles.